The molecule has 5 nitrogen and oxygen atoms in total. The maximum absolute atomic E-state index is 12.5. The molecule has 1 saturated heterocycles. The quantitative estimate of drug-likeness (QED) is 0.885. The van der Waals surface area contributed by atoms with Crippen LogP contribution in [-0.2, 0) is 9.47 Å². The van der Waals surface area contributed by atoms with Crippen LogP contribution in [0.4, 0.5) is 10.5 Å². The SMILES string of the molecule is COCCC1CN(C(=O)Nc2ccc(-c3ccc(C)cc3)cc2)CCO1. The number of morpholine rings is 1. The van der Waals surface area contributed by atoms with Crippen LogP contribution in [0, 0.1) is 6.92 Å². The van der Waals surface area contributed by atoms with Crippen LogP contribution in [0.1, 0.15) is 12.0 Å². The van der Waals surface area contributed by atoms with Crippen molar-refractivity contribution in [2.45, 2.75) is 19.4 Å². The highest BCUT2D eigenvalue weighted by atomic mass is 16.5. The van der Waals surface area contributed by atoms with Crippen molar-refractivity contribution in [3.05, 3.63) is 54.1 Å². The molecule has 1 atom stereocenters. The second-order valence-corrected chi connectivity index (χ2v) is 6.59. The summed E-state index contributed by atoms with van der Waals surface area (Å²) in [6, 6.07) is 16.3. The van der Waals surface area contributed by atoms with E-state index < -0.39 is 0 Å². The molecular formula is C21H26N2O3. The van der Waals surface area contributed by atoms with Gasteiger partial charge >= 0.3 is 6.03 Å². The zero-order valence-electron chi connectivity index (χ0n) is 15.4. The van der Waals surface area contributed by atoms with E-state index >= 15 is 0 Å². The molecule has 1 heterocycles. The van der Waals surface area contributed by atoms with E-state index in [1.54, 1.807) is 12.0 Å². The van der Waals surface area contributed by atoms with Crippen molar-refractivity contribution in [3.8, 4) is 11.1 Å². The van der Waals surface area contributed by atoms with Gasteiger partial charge in [-0.3, -0.25) is 0 Å². The van der Waals surface area contributed by atoms with Crippen LogP contribution in [-0.4, -0.2) is 50.4 Å². The van der Waals surface area contributed by atoms with Gasteiger partial charge in [0.1, 0.15) is 0 Å². The molecule has 5 heteroatoms. The first-order chi connectivity index (χ1) is 12.7. The number of carbonyl (C=O) groups is 1. The predicted molar refractivity (Wildman–Crippen MR) is 103 cm³/mol. The third-order valence-electron chi connectivity index (χ3n) is 4.59. The van der Waals surface area contributed by atoms with E-state index in [4.69, 9.17) is 9.47 Å². The molecule has 2 aromatic carbocycles. The standard InChI is InChI=1S/C21H26N2O3/c1-16-3-5-17(6-4-16)18-7-9-19(10-8-18)22-21(24)23-12-14-26-20(15-23)11-13-25-2/h3-10,20H,11-15H2,1-2H3,(H,22,24). The number of amides is 2. The topological polar surface area (TPSA) is 50.8 Å². The predicted octanol–water partition coefficient (Wildman–Crippen LogP) is 3.93. The summed E-state index contributed by atoms with van der Waals surface area (Å²) >= 11 is 0. The fraction of sp³-hybridized carbons (Fsp3) is 0.381. The van der Waals surface area contributed by atoms with E-state index in [1.807, 2.05) is 24.3 Å². The van der Waals surface area contributed by atoms with Gasteiger partial charge in [0, 0.05) is 32.5 Å². The van der Waals surface area contributed by atoms with Crippen molar-refractivity contribution in [1.29, 1.82) is 0 Å². The summed E-state index contributed by atoms with van der Waals surface area (Å²) in [6.45, 7) is 4.48. The lowest BCUT2D eigenvalue weighted by atomic mass is 10.0. The fourth-order valence-corrected chi connectivity index (χ4v) is 3.02. The molecule has 1 unspecified atom stereocenters. The number of benzene rings is 2. The largest absolute Gasteiger partial charge is 0.385 e. The molecule has 1 aliphatic rings. The molecular weight excluding hydrogens is 328 g/mol. The third kappa shape index (κ3) is 4.84. The number of hydrogen-bond acceptors (Lipinski definition) is 3. The van der Waals surface area contributed by atoms with Crippen LogP contribution in [0.25, 0.3) is 11.1 Å². The van der Waals surface area contributed by atoms with Gasteiger partial charge in [-0.1, -0.05) is 42.0 Å². The molecule has 0 aliphatic carbocycles. The first-order valence-corrected chi connectivity index (χ1v) is 8.99. The smallest absolute Gasteiger partial charge is 0.322 e. The lowest BCUT2D eigenvalue weighted by Crippen LogP contribution is -2.47. The Morgan fingerprint density at radius 1 is 1.15 bits per heavy atom. The Morgan fingerprint density at radius 2 is 1.81 bits per heavy atom. The molecule has 2 aromatic rings. The molecule has 0 radical (unpaired) electrons. The third-order valence-corrected chi connectivity index (χ3v) is 4.59. The molecule has 0 aromatic heterocycles. The molecule has 0 bridgehead atoms. The van der Waals surface area contributed by atoms with Crippen LogP contribution in [0.15, 0.2) is 48.5 Å². The number of methoxy groups -OCH3 is 1. The summed E-state index contributed by atoms with van der Waals surface area (Å²) in [5.74, 6) is 0. The molecule has 26 heavy (non-hydrogen) atoms. The number of carbonyl (C=O) groups excluding carboxylic acids is 1. The van der Waals surface area contributed by atoms with E-state index in [2.05, 4.69) is 36.5 Å². The number of urea groups is 1. The summed E-state index contributed by atoms with van der Waals surface area (Å²) < 4.78 is 10.8. The van der Waals surface area contributed by atoms with Gasteiger partial charge in [0.25, 0.3) is 0 Å². The summed E-state index contributed by atoms with van der Waals surface area (Å²) in [7, 11) is 1.67. The van der Waals surface area contributed by atoms with Gasteiger partial charge in [-0.2, -0.15) is 0 Å². The first-order valence-electron chi connectivity index (χ1n) is 8.99. The summed E-state index contributed by atoms with van der Waals surface area (Å²) in [4.78, 5) is 14.3. The number of aryl methyl sites for hydroxylation is 1. The van der Waals surface area contributed by atoms with E-state index in [9.17, 15) is 4.79 Å². The van der Waals surface area contributed by atoms with Gasteiger partial charge in [0.15, 0.2) is 0 Å². The zero-order chi connectivity index (χ0) is 18.4. The number of anilines is 1. The van der Waals surface area contributed by atoms with Gasteiger partial charge < -0.3 is 19.7 Å². The summed E-state index contributed by atoms with van der Waals surface area (Å²) in [5.41, 5.74) is 4.34. The minimum atomic E-state index is -0.0844. The number of ether oxygens (including phenoxy) is 2. The molecule has 1 fully saturated rings. The maximum atomic E-state index is 12.5. The molecule has 0 spiro atoms. The summed E-state index contributed by atoms with van der Waals surface area (Å²) in [5, 5.41) is 2.98. The highest BCUT2D eigenvalue weighted by molar-refractivity contribution is 5.89. The van der Waals surface area contributed by atoms with Crippen LogP contribution >= 0.6 is 0 Å². The Kier molecular flexibility index (Phi) is 6.26. The van der Waals surface area contributed by atoms with Crippen LogP contribution < -0.4 is 5.32 Å². The average molecular weight is 354 g/mol. The van der Waals surface area contributed by atoms with E-state index in [0.717, 1.165) is 17.7 Å². The Balaban J connectivity index is 1.58. The van der Waals surface area contributed by atoms with Crippen LogP contribution in [0.5, 0.6) is 0 Å². The van der Waals surface area contributed by atoms with E-state index in [1.165, 1.54) is 11.1 Å². The van der Waals surface area contributed by atoms with Gasteiger partial charge in [-0.05, 0) is 36.6 Å². The van der Waals surface area contributed by atoms with Gasteiger partial charge in [0.05, 0.1) is 12.7 Å². The molecule has 1 aliphatic heterocycles. The van der Waals surface area contributed by atoms with E-state index in [0.29, 0.717) is 26.3 Å². The Bertz CT molecular complexity index is 713. The minimum absolute atomic E-state index is 0.0402. The first kappa shape index (κ1) is 18.4. The molecule has 1 N–H and O–H groups in total. The minimum Gasteiger partial charge on any atom is -0.385 e. The normalized spacial score (nSPS) is 17.2. The highest BCUT2D eigenvalue weighted by Gasteiger charge is 2.24. The van der Waals surface area contributed by atoms with Crippen molar-refractivity contribution in [2.24, 2.45) is 0 Å². The van der Waals surface area contributed by atoms with Crippen LogP contribution in [0.3, 0.4) is 0 Å². The lowest BCUT2D eigenvalue weighted by molar-refractivity contribution is -0.0260. The molecule has 2 amide bonds. The lowest BCUT2D eigenvalue weighted by Gasteiger charge is -2.32. The Morgan fingerprint density at radius 3 is 2.46 bits per heavy atom. The number of rotatable bonds is 5. The zero-order valence-corrected chi connectivity index (χ0v) is 15.4. The van der Waals surface area contributed by atoms with Gasteiger partial charge in [-0.25, -0.2) is 4.79 Å². The van der Waals surface area contributed by atoms with Crippen molar-refractivity contribution >= 4 is 11.7 Å². The fourth-order valence-electron chi connectivity index (χ4n) is 3.02. The Hall–Kier alpha value is -2.37. The molecule has 138 valence electrons. The maximum Gasteiger partial charge on any atom is 0.322 e. The van der Waals surface area contributed by atoms with Crippen LogP contribution in [0.2, 0.25) is 0 Å². The van der Waals surface area contributed by atoms with Crippen molar-refractivity contribution in [2.75, 3.05) is 38.7 Å². The van der Waals surface area contributed by atoms with E-state index in [-0.39, 0.29) is 12.1 Å². The second kappa shape index (κ2) is 8.83. The number of nitrogens with zero attached hydrogens (tertiary/aromatic N) is 1. The van der Waals surface area contributed by atoms with Gasteiger partial charge in [0.2, 0.25) is 0 Å². The highest BCUT2D eigenvalue weighted by Crippen LogP contribution is 2.22. The van der Waals surface area contributed by atoms with Gasteiger partial charge in [-0.15, -0.1) is 0 Å². The number of nitrogens with one attached hydrogen (secondary N) is 1. The van der Waals surface area contributed by atoms with Crippen molar-refractivity contribution < 1.29 is 14.3 Å². The average Bonchev–Trinajstić information content (AvgIpc) is 2.68. The Labute approximate surface area is 154 Å². The second-order valence-electron chi connectivity index (χ2n) is 6.59. The molecule has 3 rings (SSSR count). The van der Waals surface area contributed by atoms with Crippen molar-refractivity contribution in [3.63, 3.8) is 0 Å². The monoisotopic (exact) mass is 354 g/mol. The molecule has 0 saturated carbocycles. The summed E-state index contributed by atoms with van der Waals surface area (Å²) in [6.07, 6.45) is 0.837. The number of hydrogen-bond donors (Lipinski definition) is 1. The van der Waals surface area contributed by atoms with Crippen molar-refractivity contribution in [1.82, 2.24) is 4.90 Å².